The van der Waals surface area contributed by atoms with E-state index in [1.807, 2.05) is 0 Å². The first-order valence-electron chi connectivity index (χ1n) is 9.23. The molecule has 136 valence electrons. The van der Waals surface area contributed by atoms with Crippen molar-refractivity contribution in [2.45, 2.75) is 71.1 Å². The Morgan fingerprint density at radius 3 is 1.67 bits per heavy atom. The van der Waals surface area contributed by atoms with Crippen molar-refractivity contribution < 1.29 is 14.6 Å². The Morgan fingerprint density at radius 1 is 0.750 bits per heavy atom. The fourth-order valence-electron chi connectivity index (χ4n) is 2.08. The van der Waals surface area contributed by atoms with Gasteiger partial charge >= 0.3 is 6.16 Å². The minimum atomic E-state index is -1.19. The van der Waals surface area contributed by atoms with Crippen molar-refractivity contribution in [1.82, 2.24) is 0 Å². The molecule has 0 atom stereocenters. The third-order valence-electron chi connectivity index (χ3n) is 3.45. The van der Waals surface area contributed by atoms with E-state index in [0.717, 1.165) is 38.5 Å². The van der Waals surface area contributed by atoms with Gasteiger partial charge in [0.15, 0.2) is 0 Å². The molecule has 0 unspecified atom stereocenters. The Labute approximate surface area is 147 Å². The Balaban J connectivity index is 3.37. The normalized spacial score (nSPS) is 12.2. The molecule has 3 heteroatoms. The van der Waals surface area contributed by atoms with Crippen molar-refractivity contribution in [2.75, 3.05) is 6.61 Å². The molecule has 0 fully saturated rings. The highest BCUT2D eigenvalue weighted by atomic mass is 16.7. The molecular weight excluding hydrogens is 300 g/mol. The van der Waals surface area contributed by atoms with Gasteiger partial charge in [-0.05, 0) is 51.4 Å². The van der Waals surface area contributed by atoms with Crippen LogP contribution in [0.5, 0.6) is 0 Å². The van der Waals surface area contributed by atoms with Crippen LogP contribution in [-0.2, 0) is 4.74 Å². The molecule has 1 N–H and O–H groups in total. The van der Waals surface area contributed by atoms with Gasteiger partial charge in [-0.25, -0.2) is 4.79 Å². The predicted molar refractivity (Wildman–Crippen MR) is 102 cm³/mol. The average Bonchev–Trinajstić information content (AvgIpc) is 2.56. The van der Waals surface area contributed by atoms with Crippen LogP contribution >= 0.6 is 0 Å². The lowest BCUT2D eigenvalue weighted by Gasteiger charge is -1.97. The van der Waals surface area contributed by atoms with E-state index in [0.29, 0.717) is 6.61 Å². The Hall–Kier alpha value is -1.77. The van der Waals surface area contributed by atoms with Gasteiger partial charge in [-0.2, -0.15) is 0 Å². The van der Waals surface area contributed by atoms with Crippen LogP contribution in [0, 0.1) is 0 Å². The summed E-state index contributed by atoms with van der Waals surface area (Å²) in [6.07, 6.45) is 27.3. The summed E-state index contributed by atoms with van der Waals surface area (Å²) in [6, 6.07) is 0. The molecule has 0 aromatic carbocycles. The fourth-order valence-corrected chi connectivity index (χ4v) is 2.08. The second kappa shape index (κ2) is 19.3. The maximum Gasteiger partial charge on any atom is 0.505 e. The number of carboxylic acid groups (broad SMARTS) is 1. The minimum Gasteiger partial charge on any atom is -0.450 e. The Kier molecular flexibility index (Phi) is 17.9. The molecule has 0 aromatic rings. The first-order valence-corrected chi connectivity index (χ1v) is 9.23. The van der Waals surface area contributed by atoms with E-state index in [4.69, 9.17) is 5.11 Å². The van der Waals surface area contributed by atoms with Crippen LogP contribution in [0.1, 0.15) is 71.1 Å². The highest BCUT2D eigenvalue weighted by Gasteiger charge is 1.93. The standard InChI is InChI=1S/C21H34O3/c1-2-3-4-5-6-7-8-9-10-11-12-13-14-15-16-17-18-19-20-24-21(22)23/h6-7,9-10,12-13,15-16H,2-5,8,11,14,17-20H2,1H3,(H,22,23)/b7-6-,10-9-,13-12-,16-15-. The quantitative estimate of drug-likeness (QED) is 0.203. The van der Waals surface area contributed by atoms with Crippen LogP contribution < -0.4 is 0 Å². The third-order valence-corrected chi connectivity index (χ3v) is 3.45. The van der Waals surface area contributed by atoms with Crippen LogP contribution in [0.25, 0.3) is 0 Å². The molecule has 0 aromatic heterocycles. The second-order valence-electron chi connectivity index (χ2n) is 5.70. The smallest absolute Gasteiger partial charge is 0.450 e. The summed E-state index contributed by atoms with van der Waals surface area (Å²) >= 11 is 0. The van der Waals surface area contributed by atoms with Crippen molar-refractivity contribution in [2.24, 2.45) is 0 Å². The average molecular weight is 335 g/mol. The molecule has 0 saturated heterocycles. The first kappa shape index (κ1) is 22.2. The van der Waals surface area contributed by atoms with E-state index < -0.39 is 6.16 Å². The molecular formula is C21H34O3. The molecule has 0 aliphatic rings. The van der Waals surface area contributed by atoms with Crippen molar-refractivity contribution in [1.29, 1.82) is 0 Å². The number of unbranched alkanes of at least 4 members (excludes halogenated alkanes) is 5. The zero-order valence-corrected chi connectivity index (χ0v) is 15.2. The summed E-state index contributed by atoms with van der Waals surface area (Å²) in [4.78, 5) is 10.1. The van der Waals surface area contributed by atoms with E-state index in [1.54, 1.807) is 0 Å². The van der Waals surface area contributed by atoms with Crippen molar-refractivity contribution in [3.63, 3.8) is 0 Å². The molecule has 0 saturated carbocycles. The van der Waals surface area contributed by atoms with Crippen molar-refractivity contribution in [3.05, 3.63) is 48.6 Å². The van der Waals surface area contributed by atoms with Crippen LogP contribution in [0.15, 0.2) is 48.6 Å². The zero-order chi connectivity index (χ0) is 17.7. The van der Waals surface area contributed by atoms with Gasteiger partial charge in [0.25, 0.3) is 0 Å². The molecule has 3 nitrogen and oxygen atoms in total. The summed E-state index contributed by atoms with van der Waals surface area (Å²) in [5, 5.41) is 8.31. The van der Waals surface area contributed by atoms with Gasteiger partial charge in [-0.15, -0.1) is 0 Å². The highest BCUT2D eigenvalue weighted by Crippen LogP contribution is 2.01. The van der Waals surface area contributed by atoms with E-state index in [-0.39, 0.29) is 0 Å². The van der Waals surface area contributed by atoms with Crippen LogP contribution in [0.3, 0.4) is 0 Å². The fraction of sp³-hybridized carbons (Fsp3) is 0.571. The monoisotopic (exact) mass is 334 g/mol. The topological polar surface area (TPSA) is 46.5 Å². The number of allylic oxidation sites excluding steroid dienone is 8. The highest BCUT2D eigenvalue weighted by molar-refractivity contribution is 5.56. The summed E-state index contributed by atoms with van der Waals surface area (Å²) < 4.78 is 4.44. The zero-order valence-electron chi connectivity index (χ0n) is 15.2. The van der Waals surface area contributed by atoms with Gasteiger partial charge in [0.05, 0.1) is 6.61 Å². The molecule has 0 aliphatic carbocycles. The van der Waals surface area contributed by atoms with Crippen LogP contribution in [0.2, 0.25) is 0 Å². The molecule has 0 radical (unpaired) electrons. The van der Waals surface area contributed by atoms with Crippen LogP contribution in [-0.4, -0.2) is 17.9 Å². The van der Waals surface area contributed by atoms with E-state index in [2.05, 4.69) is 60.3 Å². The summed E-state index contributed by atoms with van der Waals surface area (Å²) in [5.41, 5.74) is 0. The van der Waals surface area contributed by atoms with Gasteiger partial charge in [-0.3, -0.25) is 0 Å². The molecule has 0 spiro atoms. The van der Waals surface area contributed by atoms with Gasteiger partial charge in [0, 0.05) is 0 Å². The van der Waals surface area contributed by atoms with Gasteiger partial charge in [0.1, 0.15) is 0 Å². The van der Waals surface area contributed by atoms with Crippen molar-refractivity contribution >= 4 is 6.16 Å². The van der Waals surface area contributed by atoms with Gasteiger partial charge < -0.3 is 9.84 Å². The Morgan fingerprint density at radius 2 is 1.21 bits per heavy atom. The number of hydrogen-bond acceptors (Lipinski definition) is 2. The number of ether oxygens (including phenoxy) is 1. The number of rotatable bonds is 15. The Bertz CT molecular complexity index is 392. The van der Waals surface area contributed by atoms with Gasteiger partial charge in [0.2, 0.25) is 0 Å². The molecule has 0 bridgehead atoms. The number of carbonyl (C=O) groups is 1. The molecule has 24 heavy (non-hydrogen) atoms. The SMILES string of the molecule is CCCCC/C=C\C/C=C\C/C=C\C/C=C\CCCCOC(=O)O. The lowest BCUT2D eigenvalue weighted by atomic mass is 10.2. The maximum absolute atomic E-state index is 10.1. The second-order valence-corrected chi connectivity index (χ2v) is 5.70. The van der Waals surface area contributed by atoms with Gasteiger partial charge in [-0.1, -0.05) is 68.4 Å². The minimum absolute atomic E-state index is 0.295. The maximum atomic E-state index is 10.1. The summed E-state index contributed by atoms with van der Waals surface area (Å²) in [7, 11) is 0. The van der Waals surface area contributed by atoms with E-state index in [1.165, 1.54) is 25.7 Å². The number of hydrogen-bond donors (Lipinski definition) is 1. The third kappa shape index (κ3) is 20.2. The summed E-state index contributed by atoms with van der Waals surface area (Å²) in [6.45, 7) is 2.53. The van der Waals surface area contributed by atoms with E-state index >= 15 is 0 Å². The summed E-state index contributed by atoms with van der Waals surface area (Å²) in [5.74, 6) is 0. The lowest BCUT2D eigenvalue weighted by Crippen LogP contribution is -2.01. The molecule has 0 aliphatic heterocycles. The van der Waals surface area contributed by atoms with Crippen LogP contribution in [0.4, 0.5) is 4.79 Å². The molecule has 0 heterocycles. The molecule has 0 rings (SSSR count). The molecule has 0 amide bonds. The van der Waals surface area contributed by atoms with Crippen molar-refractivity contribution in [3.8, 4) is 0 Å². The predicted octanol–water partition coefficient (Wildman–Crippen LogP) is 6.83. The van der Waals surface area contributed by atoms with E-state index in [9.17, 15) is 4.79 Å². The first-order chi connectivity index (χ1) is 11.8. The lowest BCUT2D eigenvalue weighted by molar-refractivity contribution is 0.0902. The largest absolute Gasteiger partial charge is 0.505 e.